The van der Waals surface area contributed by atoms with Gasteiger partial charge in [0, 0.05) is 6.61 Å². The first-order valence-corrected chi connectivity index (χ1v) is 10.2. The van der Waals surface area contributed by atoms with Gasteiger partial charge in [-0.15, -0.1) is 5.41 Å². The first kappa shape index (κ1) is 21.3. The van der Waals surface area contributed by atoms with Crippen LogP contribution in [0, 0.1) is 12.3 Å². The van der Waals surface area contributed by atoms with E-state index in [-0.39, 0.29) is 29.3 Å². The maximum absolute atomic E-state index is 6.81. The van der Waals surface area contributed by atoms with E-state index in [0.29, 0.717) is 6.61 Å². The van der Waals surface area contributed by atoms with Crippen LogP contribution in [0.4, 0.5) is 0 Å². The average molecular weight is 332 g/mol. The zero-order valence-corrected chi connectivity index (χ0v) is 17.1. The molecule has 0 saturated carbocycles. The largest absolute Gasteiger partial charge is 1.00 e. The molecule has 0 N–H and O–H groups in total. The van der Waals surface area contributed by atoms with Crippen molar-refractivity contribution in [3.8, 4) is 0 Å². The predicted molar refractivity (Wildman–Crippen MR) is 103 cm³/mol. The van der Waals surface area contributed by atoms with Gasteiger partial charge in [0.2, 0.25) is 0 Å². The van der Waals surface area contributed by atoms with Gasteiger partial charge in [0.15, 0.2) is 0 Å². The molecule has 0 radical (unpaired) electrons. The first-order valence-electron chi connectivity index (χ1n) is 8.27. The van der Waals surface area contributed by atoms with Gasteiger partial charge >= 0.3 is 18.9 Å². The van der Waals surface area contributed by atoms with Crippen molar-refractivity contribution < 1.29 is 23.3 Å². The second kappa shape index (κ2) is 8.06. The summed E-state index contributed by atoms with van der Waals surface area (Å²) in [6.45, 7) is 16.1. The minimum Gasteiger partial charge on any atom is -0.410 e. The molecule has 2 rings (SSSR count). The molecule has 2 aromatic rings. The van der Waals surface area contributed by atoms with Gasteiger partial charge in [0.05, 0.1) is 0 Å². The van der Waals surface area contributed by atoms with Gasteiger partial charge in [-0.1, -0.05) is 95.3 Å². The Morgan fingerprint density at radius 3 is 1.46 bits per heavy atom. The Balaban J connectivity index is 0.00000288. The second-order valence-electron chi connectivity index (χ2n) is 8.12. The van der Waals surface area contributed by atoms with Crippen LogP contribution in [0.5, 0.6) is 0 Å². The van der Waals surface area contributed by atoms with Crippen LogP contribution >= 0.6 is 0 Å². The zero-order valence-electron chi connectivity index (χ0n) is 16.1. The van der Waals surface area contributed by atoms with Crippen LogP contribution in [0.15, 0.2) is 60.7 Å². The summed E-state index contributed by atoms with van der Waals surface area (Å²) < 4.78 is 6.81. The number of rotatable bonds is 5. The van der Waals surface area contributed by atoms with E-state index < -0.39 is 8.32 Å². The molecule has 124 valence electrons. The standard InChI is InChI=1S/C21H29OSi.Li/c1-20(2,3)17-22-23(21(4,5)6,18-13-9-7-10-14-18)19-15-11-8-12-16-19;/h7-16H,1,17H2,2-6H3;/q-1;+1. The predicted octanol–water partition coefficient (Wildman–Crippen LogP) is 1.43. The van der Waals surface area contributed by atoms with Crippen LogP contribution in [-0.4, -0.2) is 14.9 Å². The van der Waals surface area contributed by atoms with Crippen LogP contribution in [-0.2, 0) is 4.43 Å². The molecule has 2 aromatic carbocycles. The third kappa shape index (κ3) is 4.64. The van der Waals surface area contributed by atoms with Crippen molar-refractivity contribution in [2.24, 2.45) is 5.41 Å². The molecule has 0 heterocycles. The Morgan fingerprint density at radius 1 is 0.792 bits per heavy atom. The fourth-order valence-electron chi connectivity index (χ4n) is 3.07. The number of hydrogen-bond acceptors (Lipinski definition) is 1. The van der Waals surface area contributed by atoms with E-state index >= 15 is 0 Å². The smallest absolute Gasteiger partial charge is 0.410 e. The molecule has 0 spiro atoms. The summed E-state index contributed by atoms with van der Waals surface area (Å²) in [4.78, 5) is 0. The van der Waals surface area contributed by atoms with Gasteiger partial charge in [-0.05, 0) is 15.4 Å². The van der Waals surface area contributed by atoms with Crippen molar-refractivity contribution in [3.63, 3.8) is 0 Å². The molecule has 0 aromatic heterocycles. The fraction of sp³-hybridized carbons (Fsp3) is 0.381. The fourth-order valence-corrected chi connectivity index (χ4v) is 7.83. The Bertz CT molecular complexity index is 572. The summed E-state index contributed by atoms with van der Waals surface area (Å²) in [5.41, 5.74) is -0.104. The van der Waals surface area contributed by atoms with Crippen molar-refractivity contribution >= 4 is 18.7 Å². The summed E-state index contributed by atoms with van der Waals surface area (Å²) in [6, 6.07) is 21.5. The summed E-state index contributed by atoms with van der Waals surface area (Å²) in [6.07, 6.45) is 0. The van der Waals surface area contributed by atoms with E-state index in [1.165, 1.54) is 10.4 Å². The van der Waals surface area contributed by atoms with Crippen molar-refractivity contribution in [1.82, 2.24) is 0 Å². The van der Waals surface area contributed by atoms with E-state index in [1.54, 1.807) is 0 Å². The third-order valence-electron chi connectivity index (χ3n) is 4.10. The Morgan fingerprint density at radius 2 is 1.17 bits per heavy atom. The maximum Gasteiger partial charge on any atom is 1.00 e. The van der Waals surface area contributed by atoms with Gasteiger partial charge in [0.25, 0.3) is 8.32 Å². The van der Waals surface area contributed by atoms with Crippen LogP contribution in [0.1, 0.15) is 34.6 Å². The molecular formula is C21H29LiOSi. The SMILES string of the molecule is [CH2-]C(C)(C)CO[Si](c1ccccc1)(c1ccccc1)C(C)(C)C.[Li+]. The summed E-state index contributed by atoms with van der Waals surface area (Å²) in [7, 11) is -2.40. The normalized spacial score (nSPS) is 12.6. The molecular weight excluding hydrogens is 303 g/mol. The number of benzene rings is 2. The van der Waals surface area contributed by atoms with E-state index in [1.807, 2.05) is 0 Å². The molecule has 0 bridgehead atoms. The van der Waals surface area contributed by atoms with Gasteiger partial charge < -0.3 is 11.3 Å². The molecule has 0 unspecified atom stereocenters. The van der Waals surface area contributed by atoms with Crippen molar-refractivity contribution in [3.05, 3.63) is 67.6 Å². The van der Waals surface area contributed by atoms with Gasteiger partial charge in [-0.25, -0.2) is 0 Å². The van der Waals surface area contributed by atoms with Crippen molar-refractivity contribution in [2.45, 2.75) is 39.7 Å². The molecule has 0 aliphatic heterocycles. The van der Waals surface area contributed by atoms with Crippen LogP contribution in [0.25, 0.3) is 0 Å². The first-order chi connectivity index (χ1) is 10.7. The third-order valence-corrected chi connectivity index (χ3v) is 9.08. The molecule has 0 aliphatic carbocycles. The molecule has 0 aliphatic rings. The minimum absolute atomic E-state index is 0. The van der Waals surface area contributed by atoms with Crippen molar-refractivity contribution in [2.75, 3.05) is 6.61 Å². The second-order valence-corrected chi connectivity index (χ2v) is 12.4. The summed E-state index contributed by atoms with van der Waals surface area (Å²) >= 11 is 0. The molecule has 24 heavy (non-hydrogen) atoms. The van der Waals surface area contributed by atoms with Gasteiger partial charge in [0.1, 0.15) is 0 Å². The van der Waals surface area contributed by atoms with E-state index in [2.05, 4.69) is 102 Å². The van der Waals surface area contributed by atoms with Crippen LogP contribution in [0.3, 0.4) is 0 Å². The Labute approximate surface area is 161 Å². The Kier molecular flexibility index (Phi) is 7.14. The number of hydrogen-bond donors (Lipinski definition) is 0. The monoisotopic (exact) mass is 332 g/mol. The van der Waals surface area contributed by atoms with Crippen molar-refractivity contribution in [1.29, 1.82) is 0 Å². The quantitative estimate of drug-likeness (QED) is 0.594. The Hall–Kier alpha value is -0.786. The average Bonchev–Trinajstić information content (AvgIpc) is 2.47. The summed E-state index contributed by atoms with van der Waals surface area (Å²) in [5.74, 6) is 0. The minimum atomic E-state index is -2.40. The van der Waals surface area contributed by atoms with Crippen LogP contribution in [0.2, 0.25) is 5.04 Å². The molecule has 0 fully saturated rings. The summed E-state index contributed by atoms with van der Waals surface area (Å²) in [5, 5.41) is 2.67. The maximum atomic E-state index is 6.81. The van der Waals surface area contributed by atoms with E-state index in [0.717, 1.165) is 0 Å². The molecule has 3 heteroatoms. The van der Waals surface area contributed by atoms with E-state index in [9.17, 15) is 0 Å². The van der Waals surface area contributed by atoms with Gasteiger partial charge in [-0.2, -0.15) is 0 Å². The molecule has 0 saturated heterocycles. The van der Waals surface area contributed by atoms with Crippen LogP contribution < -0.4 is 29.2 Å². The molecule has 0 amide bonds. The molecule has 1 nitrogen and oxygen atoms in total. The molecule has 0 atom stereocenters. The zero-order chi connectivity index (χ0) is 17.1. The van der Waals surface area contributed by atoms with E-state index in [4.69, 9.17) is 4.43 Å². The topological polar surface area (TPSA) is 9.23 Å². The van der Waals surface area contributed by atoms with Gasteiger partial charge in [-0.3, -0.25) is 0 Å².